The smallest absolute Gasteiger partial charge is 0.334 e. The molecule has 0 saturated carbocycles. The van der Waals surface area contributed by atoms with Gasteiger partial charge in [-0.2, -0.15) is 0 Å². The van der Waals surface area contributed by atoms with Crippen molar-refractivity contribution in [2.45, 2.75) is 38.5 Å². The fourth-order valence-corrected chi connectivity index (χ4v) is 2.76. The van der Waals surface area contributed by atoms with Crippen molar-refractivity contribution in [3.8, 4) is 0 Å². The van der Waals surface area contributed by atoms with Crippen LogP contribution in [0, 0.1) is 5.82 Å². The number of benzene rings is 1. The quantitative estimate of drug-likeness (QED) is 0.656. The summed E-state index contributed by atoms with van der Waals surface area (Å²) in [5.41, 5.74) is 0.724. The van der Waals surface area contributed by atoms with Crippen LogP contribution in [-0.4, -0.2) is 59.8 Å². The number of carboxylic acids is 1. The summed E-state index contributed by atoms with van der Waals surface area (Å²) >= 11 is 0. The Morgan fingerprint density at radius 1 is 1.33 bits per heavy atom. The molecular formula is C18H24FN3O5. The first kappa shape index (κ1) is 20.6. The summed E-state index contributed by atoms with van der Waals surface area (Å²) in [5.74, 6) is -1.81. The number of nitrogens with one attached hydrogen (secondary N) is 2. The van der Waals surface area contributed by atoms with Crippen molar-refractivity contribution in [3.63, 3.8) is 0 Å². The second-order valence-electron chi connectivity index (χ2n) is 6.28. The van der Waals surface area contributed by atoms with Crippen LogP contribution in [-0.2, 0) is 20.9 Å². The van der Waals surface area contributed by atoms with E-state index in [-0.39, 0.29) is 38.0 Å². The highest BCUT2D eigenvalue weighted by Crippen LogP contribution is 2.10. The predicted octanol–water partition coefficient (Wildman–Crippen LogP) is 1.11. The number of urea groups is 1. The number of hydrogen-bond donors (Lipinski definition) is 3. The summed E-state index contributed by atoms with van der Waals surface area (Å²) in [6.45, 7) is 2.45. The molecule has 0 spiro atoms. The first-order valence-corrected chi connectivity index (χ1v) is 8.82. The predicted molar refractivity (Wildman–Crippen MR) is 94.4 cm³/mol. The first-order chi connectivity index (χ1) is 12.9. The minimum absolute atomic E-state index is 0.0484. The number of carbonyl (C=O) groups is 3. The lowest BCUT2D eigenvalue weighted by Crippen LogP contribution is -2.56. The van der Waals surface area contributed by atoms with E-state index in [1.807, 2.05) is 6.92 Å². The molecule has 2 rings (SSSR count). The molecule has 1 aliphatic heterocycles. The SMILES string of the molecule is CCCC(NC(=O)NCc1ccc(F)cc1)C(=O)N1CCOC(C(=O)O)C1. The maximum atomic E-state index is 12.9. The highest BCUT2D eigenvalue weighted by molar-refractivity contribution is 5.87. The van der Waals surface area contributed by atoms with Crippen LogP contribution < -0.4 is 10.6 Å². The molecule has 1 fully saturated rings. The van der Waals surface area contributed by atoms with Gasteiger partial charge in [0, 0.05) is 13.1 Å². The highest BCUT2D eigenvalue weighted by atomic mass is 19.1. The second-order valence-corrected chi connectivity index (χ2v) is 6.28. The Bertz CT molecular complexity index is 667. The minimum Gasteiger partial charge on any atom is -0.479 e. The normalized spacial score (nSPS) is 17.9. The number of rotatable bonds is 7. The average Bonchev–Trinajstić information content (AvgIpc) is 2.66. The van der Waals surface area contributed by atoms with E-state index >= 15 is 0 Å². The molecule has 2 atom stereocenters. The third kappa shape index (κ3) is 6.21. The Balaban J connectivity index is 1.90. The van der Waals surface area contributed by atoms with Crippen LogP contribution in [0.5, 0.6) is 0 Å². The van der Waals surface area contributed by atoms with Gasteiger partial charge in [-0.05, 0) is 24.1 Å². The molecule has 1 aromatic rings. The number of halogens is 1. The zero-order valence-electron chi connectivity index (χ0n) is 15.1. The molecule has 9 heteroatoms. The number of hydrogen-bond acceptors (Lipinski definition) is 4. The third-order valence-corrected chi connectivity index (χ3v) is 4.20. The van der Waals surface area contributed by atoms with E-state index in [9.17, 15) is 18.8 Å². The standard InChI is InChI=1S/C18H24FN3O5/c1-2-3-14(16(23)22-8-9-27-15(11-22)17(24)25)21-18(26)20-10-12-4-6-13(19)7-5-12/h4-7,14-15H,2-3,8-11H2,1H3,(H,24,25)(H2,20,21,26). The lowest BCUT2D eigenvalue weighted by atomic mass is 10.1. The summed E-state index contributed by atoms with van der Waals surface area (Å²) in [4.78, 5) is 37.3. The average molecular weight is 381 g/mol. The number of ether oxygens (including phenoxy) is 1. The molecular weight excluding hydrogens is 357 g/mol. The molecule has 1 saturated heterocycles. The molecule has 3 amide bonds. The van der Waals surface area contributed by atoms with Gasteiger partial charge in [-0.15, -0.1) is 0 Å². The summed E-state index contributed by atoms with van der Waals surface area (Å²) < 4.78 is 18.0. The van der Waals surface area contributed by atoms with Crippen LogP contribution in [0.3, 0.4) is 0 Å². The number of amides is 3. The summed E-state index contributed by atoms with van der Waals surface area (Å²) in [5, 5.41) is 14.3. The van der Waals surface area contributed by atoms with Gasteiger partial charge in [0.2, 0.25) is 5.91 Å². The second kappa shape index (κ2) is 9.86. The van der Waals surface area contributed by atoms with E-state index in [1.165, 1.54) is 17.0 Å². The molecule has 27 heavy (non-hydrogen) atoms. The lowest BCUT2D eigenvalue weighted by Gasteiger charge is -2.33. The maximum absolute atomic E-state index is 12.9. The maximum Gasteiger partial charge on any atom is 0.334 e. The van der Waals surface area contributed by atoms with Gasteiger partial charge in [0.05, 0.1) is 13.2 Å². The molecule has 0 bridgehead atoms. The van der Waals surface area contributed by atoms with Gasteiger partial charge in [-0.3, -0.25) is 4.79 Å². The molecule has 0 aliphatic carbocycles. The van der Waals surface area contributed by atoms with Crippen LogP contribution >= 0.6 is 0 Å². The molecule has 148 valence electrons. The Morgan fingerprint density at radius 2 is 2.04 bits per heavy atom. The highest BCUT2D eigenvalue weighted by Gasteiger charge is 2.32. The van der Waals surface area contributed by atoms with Gasteiger partial charge in [0.15, 0.2) is 6.10 Å². The van der Waals surface area contributed by atoms with Crippen LogP contribution in [0.25, 0.3) is 0 Å². The van der Waals surface area contributed by atoms with Crippen LogP contribution in [0.1, 0.15) is 25.3 Å². The lowest BCUT2D eigenvalue weighted by molar-refractivity contribution is -0.160. The van der Waals surface area contributed by atoms with Crippen LogP contribution in [0.15, 0.2) is 24.3 Å². The molecule has 1 heterocycles. The molecule has 1 aliphatic rings. The zero-order chi connectivity index (χ0) is 19.8. The van der Waals surface area contributed by atoms with E-state index in [2.05, 4.69) is 10.6 Å². The van der Waals surface area contributed by atoms with Crippen molar-refractivity contribution in [1.29, 1.82) is 0 Å². The Morgan fingerprint density at radius 3 is 2.67 bits per heavy atom. The largest absolute Gasteiger partial charge is 0.479 e. The summed E-state index contributed by atoms with van der Waals surface area (Å²) in [6.07, 6.45) is 0.0384. The molecule has 8 nitrogen and oxygen atoms in total. The minimum atomic E-state index is -1.12. The van der Waals surface area contributed by atoms with E-state index in [4.69, 9.17) is 9.84 Å². The monoisotopic (exact) mass is 381 g/mol. The fourth-order valence-electron chi connectivity index (χ4n) is 2.76. The van der Waals surface area contributed by atoms with Crippen molar-refractivity contribution < 1.29 is 28.6 Å². The number of carbonyl (C=O) groups excluding carboxylic acids is 2. The number of carboxylic acid groups (broad SMARTS) is 1. The van der Waals surface area contributed by atoms with Crippen LogP contribution in [0.2, 0.25) is 0 Å². The Labute approximate surface area is 156 Å². The molecule has 1 aromatic carbocycles. The molecule has 3 N–H and O–H groups in total. The van der Waals surface area contributed by atoms with E-state index in [1.54, 1.807) is 12.1 Å². The number of nitrogens with zero attached hydrogens (tertiary/aromatic N) is 1. The van der Waals surface area contributed by atoms with Gasteiger partial charge in [0.25, 0.3) is 0 Å². The van der Waals surface area contributed by atoms with Gasteiger partial charge < -0.3 is 25.4 Å². The third-order valence-electron chi connectivity index (χ3n) is 4.20. The van der Waals surface area contributed by atoms with E-state index in [0.29, 0.717) is 12.8 Å². The van der Waals surface area contributed by atoms with Crippen molar-refractivity contribution in [2.75, 3.05) is 19.7 Å². The Hall–Kier alpha value is -2.68. The molecule has 2 unspecified atom stereocenters. The van der Waals surface area contributed by atoms with Gasteiger partial charge in [-0.25, -0.2) is 14.0 Å². The fraction of sp³-hybridized carbons (Fsp3) is 0.500. The van der Waals surface area contributed by atoms with Gasteiger partial charge >= 0.3 is 12.0 Å². The summed E-state index contributed by atoms with van der Waals surface area (Å²) in [7, 11) is 0. The Kier molecular flexibility index (Phi) is 7.54. The zero-order valence-corrected chi connectivity index (χ0v) is 15.1. The van der Waals surface area contributed by atoms with E-state index in [0.717, 1.165) is 5.56 Å². The van der Waals surface area contributed by atoms with Crippen molar-refractivity contribution >= 4 is 17.9 Å². The number of aliphatic carboxylic acids is 1. The molecule has 0 radical (unpaired) electrons. The topological polar surface area (TPSA) is 108 Å². The summed E-state index contributed by atoms with van der Waals surface area (Å²) in [6, 6.07) is 4.45. The molecule has 0 aromatic heterocycles. The van der Waals surface area contributed by atoms with E-state index < -0.39 is 24.1 Å². The first-order valence-electron chi connectivity index (χ1n) is 8.82. The van der Waals surface area contributed by atoms with Crippen molar-refractivity contribution in [3.05, 3.63) is 35.6 Å². The van der Waals surface area contributed by atoms with Crippen molar-refractivity contribution in [2.24, 2.45) is 0 Å². The number of morpholine rings is 1. The van der Waals surface area contributed by atoms with Crippen LogP contribution in [0.4, 0.5) is 9.18 Å². The van der Waals surface area contributed by atoms with Crippen molar-refractivity contribution in [1.82, 2.24) is 15.5 Å². The van der Waals surface area contributed by atoms with Gasteiger partial charge in [0.1, 0.15) is 11.9 Å². The van der Waals surface area contributed by atoms with Gasteiger partial charge in [-0.1, -0.05) is 25.5 Å².